The first kappa shape index (κ1) is 31.3. The molecular weight excluding hydrogens is 598 g/mol. The molecule has 0 bridgehead atoms. The lowest BCUT2D eigenvalue weighted by atomic mass is 9.65. The van der Waals surface area contributed by atoms with E-state index in [0.717, 1.165) is 53.7 Å². The molecule has 7 rings (SSSR count). The van der Waals surface area contributed by atoms with Crippen LogP contribution in [0, 0.1) is 17.8 Å². The highest BCUT2D eigenvalue weighted by atomic mass is 16.5. The fourth-order valence-corrected chi connectivity index (χ4v) is 8.26. The molecule has 250 valence electrons. The number of carbonyl (C=O) groups excluding carboxylic acids is 4. The van der Waals surface area contributed by atoms with Gasteiger partial charge in [0, 0.05) is 93.1 Å². The van der Waals surface area contributed by atoms with E-state index in [1.807, 2.05) is 43.7 Å². The third kappa shape index (κ3) is 5.65. The standard InChI is InChI=1S/C35H45N7O5/c1-3-35-28(34(46)41-17-15-40(16-18-41)32(44)23-5-6-23)19-24(20-30(43)37-10-4-12-39-14-11-36-22-39)33(45)42(35)13-9-26-27-21-25(47-2)7-8-29(27)38-31(26)35/h7-8,11,14,21-24,28,38H,3-6,9-10,12-13,15-20H2,1-2H3,(H,37,43)/t24?,28-,35+/m1/s1. The van der Waals surface area contributed by atoms with E-state index in [1.54, 1.807) is 19.6 Å². The number of aromatic amines is 1. The van der Waals surface area contributed by atoms with Gasteiger partial charge in [-0.15, -0.1) is 0 Å². The number of nitrogens with one attached hydrogen (secondary N) is 2. The van der Waals surface area contributed by atoms with Gasteiger partial charge in [-0.25, -0.2) is 4.98 Å². The van der Waals surface area contributed by atoms with Crippen LogP contribution in [0.15, 0.2) is 36.9 Å². The Bertz CT molecular complexity index is 1660. The van der Waals surface area contributed by atoms with Crippen molar-refractivity contribution in [3.63, 3.8) is 0 Å². The van der Waals surface area contributed by atoms with E-state index < -0.39 is 17.4 Å². The first-order chi connectivity index (χ1) is 22.8. The highest BCUT2D eigenvalue weighted by molar-refractivity contribution is 5.93. The molecule has 3 fully saturated rings. The first-order valence-electron chi connectivity index (χ1n) is 17.1. The monoisotopic (exact) mass is 643 g/mol. The van der Waals surface area contributed by atoms with Crippen LogP contribution in [0.5, 0.6) is 5.75 Å². The van der Waals surface area contributed by atoms with Crippen LogP contribution >= 0.6 is 0 Å². The number of nitrogens with zero attached hydrogens (tertiary/aromatic N) is 5. The Balaban J connectivity index is 1.16. The molecule has 47 heavy (non-hydrogen) atoms. The number of aromatic nitrogens is 3. The number of H-pyrrole nitrogens is 1. The fraction of sp³-hybridized carbons (Fsp3) is 0.571. The van der Waals surface area contributed by atoms with Crippen molar-refractivity contribution in [3.8, 4) is 5.75 Å². The molecule has 1 saturated carbocycles. The van der Waals surface area contributed by atoms with Gasteiger partial charge in [-0.3, -0.25) is 19.2 Å². The summed E-state index contributed by atoms with van der Waals surface area (Å²) in [5, 5.41) is 4.05. The summed E-state index contributed by atoms with van der Waals surface area (Å²) < 4.78 is 7.50. The molecular formula is C35H45N7O5. The number of rotatable bonds is 10. The summed E-state index contributed by atoms with van der Waals surface area (Å²) in [6.07, 6.45) is 9.57. The maximum atomic E-state index is 14.7. The summed E-state index contributed by atoms with van der Waals surface area (Å²) in [6, 6.07) is 5.95. The zero-order valence-corrected chi connectivity index (χ0v) is 27.4. The van der Waals surface area contributed by atoms with Gasteiger partial charge in [-0.05, 0) is 62.3 Å². The molecule has 0 radical (unpaired) electrons. The maximum Gasteiger partial charge on any atom is 0.228 e. The molecule has 1 aromatic carbocycles. The first-order valence-corrected chi connectivity index (χ1v) is 17.1. The lowest BCUT2D eigenvalue weighted by molar-refractivity contribution is -0.167. The molecule has 3 aliphatic heterocycles. The van der Waals surface area contributed by atoms with Gasteiger partial charge in [0.2, 0.25) is 23.6 Å². The third-order valence-corrected chi connectivity index (χ3v) is 10.9. The second-order valence-electron chi connectivity index (χ2n) is 13.5. The van der Waals surface area contributed by atoms with Crippen LogP contribution in [-0.2, 0) is 37.7 Å². The number of methoxy groups -OCH3 is 1. The fourth-order valence-electron chi connectivity index (χ4n) is 8.26. The molecule has 12 nitrogen and oxygen atoms in total. The zero-order valence-electron chi connectivity index (χ0n) is 27.4. The van der Waals surface area contributed by atoms with Crippen molar-refractivity contribution < 1.29 is 23.9 Å². The minimum Gasteiger partial charge on any atom is -0.497 e. The summed E-state index contributed by atoms with van der Waals surface area (Å²) in [7, 11) is 1.65. The molecule has 2 saturated heterocycles. The molecule has 3 atom stereocenters. The number of piperidine rings is 1. The number of carbonyl (C=O) groups is 4. The van der Waals surface area contributed by atoms with Crippen LogP contribution in [0.25, 0.3) is 10.9 Å². The smallest absolute Gasteiger partial charge is 0.228 e. The second kappa shape index (κ2) is 12.7. The van der Waals surface area contributed by atoms with Gasteiger partial charge in [0.25, 0.3) is 0 Å². The molecule has 1 aliphatic carbocycles. The average molecular weight is 644 g/mol. The van der Waals surface area contributed by atoms with Gasteiger partial charge in [0.15, 0.2) is 0 Å². The summed E-state index contributed by atoms with van der Waals surface area (Å²) in [5.74, 6) is -0.259. The van der Waals surface area contributed by atoms with Gasteiger partial charge in [-0.2, -0.15) is 0 Å². The van der Waals surface area contributed by atoms with E-state index in [1.165, 1.54) is 0 Å². The number of ether oxygens (including phenoxy) is 1. The number of hydrogen-bond acceptors (Lipinski definition) is 6. The molecule has 4 amide bonds. The van der Waals surface area contributed by atoms with Gasteiger partial charge >= 0.3 is 0 Å². The molecule has 5 heterocycles. The molecule has 2 aromatic heterocycles. The van der Waals surface area contributed by atoms with Crippen molar-refractivity contribution in [1.82, 2.24) is 34.6 Å². The van der Waals surface area contributed by atoms with Crippen molar-refractivity contribution in [2.24, 2.45) is 17.8 Å². The van der Waals surface area contributed by atoms with Crippen LogP contribution in [-0.4, -0.2) is 99.2 Å². The van der Waals surface area contributed by atoms with Crippen molar-refractivity contribution in [2.45, 2.75) is 64.0 Å². The topological polar surface area (TPSA) is 133 Å². The Hall–Kier alpha value is -4.35. The van der Waals surface area contributed by atoms with Crippen LogP contribution in [0.2, 0.25) is 0 Å². The summed E-state index contributed by atoms with van der Waals surface area (Å²) in [5.41, 5.74) is 2.13. The number of benzene rings is 1. The van der Waals surface area contributed by atoms with Crippen LogP contribution < -0.4 is 10.1 Å². The van der Waals surface area contributed by atoms with Gasteiger partial charge < -0.3 is 34.3 Å². The van der Waals surface area contributed by atoms with E-state index in [0.29, 0.717) is 58.5 Å². The van der Waals surface area contributed by atoms with E-state index in [4.69, 9.17) is 4.74 Å². The zero-order chi connectivity index (χ0) is 32.7. The van der Waals surface area contributed by atoms with Gasteiger partial charge in [-0.1, -0.05) is 6.92 Å². The summed E-state index contributed by atoms with van der Waals surface area (Å²) in [6.45, 7) is 5.76. The Morgan fingerprint density at radius 2 is 1.85 bits per heavy atom. The number of fused-ring (bicyclic) bond motifs is 5. The van der Waals surface area contributed by atoms with Gasteiger partial charge in [0.05, 0.1) is 24.9 Å². The van der Waals surface area contributed by atoms with Crippen molar-refractivity contribution >= 4 is 34.5 Å². The van der Waals surface area contributed by atoms with Crippen molar-refractivity contribution in [3.05, 3.63) is 48.2 Å². The third-order valence-electron chi connectivity index (χ3n) is 10.9. The average Bonchev–Trinajstić information content (AvgIpc) is 3.68. The van der Waals surface area contributed by atoms with E-state index in [-0.39, 0.29) is 36.0 Å². The number of aryl methyl sites for hydroxylation is 1. The lowest BCUT2D eigenvalue weighted by Crippen LogP contribution is -2.66. The SMILES string of the molecule is CC[C@]12c3[nH]c4ccc(OC)cc4c3CCN1C(=O)C(CC(=O)NCCCn1ccnc1)C[C@@H]2C(=O)N1CCN(C(=O)C2CC2)CC1. The Morgan fingerprint density at radius 1 is 1.09 bits per heavy atom. The molecule has 0 spiro atoms. The predicted molar refractivity (Wildman–Crippen MR) is 174 cm³/mol. The van der Waals surface area contributed by atoms with E-state index >= 15 is 0 Å². The molecule has 1 unspecified atom stereocenters. The predicted octanol–water partition coefficient (Wildman–Crippen LogP) is 2.68. The molecule has 2 N–H and O–H groups in total. The van der Waals surface area contributed by atoms with Crippen LogP contribution in [0.1, 0.15) is 56.7 Å². The Labute approximate surface area is 274 Å². The van der Waals surface area contributed by atoms with Gasteiger partial charge in [0.1, 0.15) is 5.75 Å². The largest absolute Gasteiger partial charge is 0.497 e. The minimum absolute atomic E-state index is 0.00213. The quantitative estimate of drug-likeness (QED) is 0.327. The number of imidazole rings is 1. The van der Waals surface area contributed by atoms with Crippen molar-refractivity contribution in [2.75, 3.05) is 46.4 Å². The molecule has 3 aromatic rings. The Morgan fingerprint density at radius 3 is 2.53 bits per heavy atom. The highest BCUT2D eigenvalue weighted by Gasteiger charge is 2.59. The molecule has 12 heteroatoms. The van der Waals surface area contributed by atoms with Crippen LogP contribution in [0.4, 0.5) is 0 Å². The minimum atomic E-state index is -0.868. The highest BCUT2D eigenvalue weighted by Crippen LogP contribution is 2.52. The Kier molecular flexibility index (Phi) is 8.44. The maximum absolute atomic E-state index is 14.7. The van der Waals surface area contributed by atoms with Crippen molar-refractivity contribution in [1.29, 1.82) is 0 Å². The number of hydrogen-bond donors (Lipinski definition) is 2. The number of amides is 4. The van der Waals surface area contributed by atoms with E-state index in [9.17, 15) is 19.2 Å². The second-order valence-corrected chi connectivity index (χ2v) is 13.5. The van der Waals surface area contributed by atoms with Crippen LogP contribution in [0.3, 0.4) is 0 Å². The summed E-state index contributed by atoms with van der Waals surface area (Å²) in [4.78, 5) is 68.4. The normalized spacial score (nSPS) is 24.2. The summed E-state index contributed by atoms with van der Waals surface area (Å²) >= 11 is 0. The number of piperazine rings is 1. The molecule has 4 aliphatic rings. The lowest BCUT2D eigenvalue weighted by Gasteiger charge is -2.56. The van der Waals surface area contributed by atoms with E-state index in [2.05, 4.69) is 22.2 Å².